The zero-order chi connectivity index (χ0) is 25.0. The molecule has 0 fully saturated rings. The third kappa shape index (κ3) is 5.44. The van der Waals surface area contributed by atoms with E-state index >= 15 is 0 Å². The molecule has 0 saturated carbocycles. The van der Waals surface area contributed by atoms with Gasteiger partial charge >= 0.3 is 0 Å². The molecule has 1 N–H and O–H groups in total. The highest BCUT2D eigenvalue weighted by Crippen LogP contribution is 2.23. The zero-order valence-electron chi connectivity index (χ0n) is 20.2. The van der Waals surface area contributed by atoms with E-state index in [4.69, 9.17) is 4.98 Å². The monoisotopic (exact) mass is 494 g/mol. The fraction of sp³-hybridized carbons (Fsp3) is 0.320. The molecule has 0 aliphatic rings. The molecule has 0 saturated heterocycles. The molecule has 0 aliphatic heterocycles. The Hall–Kier alpha value is -3.50. The van der Waals surface area contributed by atoms with Crippen LogP contribution >= 0.6 is 0 Å². The summed E-state index contributed by atoms with van der Waals surface area (Å²) in [5.41, 5.74) is 2.39. The number of anilines is 1. The van der Waals surface area contributed by atoms with E-state index in [1.807, 2.05) is 30.3 Å². The molecule has 1 amide bonds. The minimum Gasteiger partial charge on any atom is -0.328 e. The Morgan fingerprint density at radius 2 is 1.86 bits per heavy atom. The average Bonchev–Trinajstić information content (AvgIpc) is 3.45. The zero-order valence-corrected chi connectivity index (χ0v) is 21.0. The highest BCUT2D eigenvalue weighted by Gasteiger charge is 2.20. The van der Waals surface area contributed by atoms with Crippen molar-refractivity contribution in [2.24, 2.45) is 0 Å². The van der Waals surface area contributed by atoms with Crippen molar-refractivity contribution < 1.29 is 13.2 Å². The Kier molecular flexibility index (Phi) is 7.32. The van der Waals surface area contributed by atoms with Gasteiger partial charge in [0.2, 0.25) is 15.9 Å². The fourth-order valence-corrected chi connectivity index (χ4v) is 4.76. The summed E-state index contributed by atoms with van der Waals surface area (Å²) in [7, 11) is -0.544. The van der Waals surface area contributed by atoms with Crippen molar-refractivity contribution >= 4 is 32.8 Å². The van der Waals surface area contributed by atoms with Gasteiger partial charge in [-0.2, -0.15) is 5.10 Å². The highest BCUT2D eigenvalue weighted by molar-refractivity contribution is 7.89. The molecule has 2 aromatic heterocycles. The van der Waals surface area contributed by atoms with E-state index in [9.17, 15) is 13.2 Å². The van der Waals surface area contributed by atoms with Gasteiger partial charge in [0.1, 0.15) is 5.82 Å². The molecular formula is C25H30N6O3S. The van der Waals surface area contributed by atoms with Crippen molar-refractivity contribution in [3.05, 3.63) is 66.6 Å². The lowest BCUT2D eigenvalue weighted by molar-refractivity contribution is -0.116. The van der Waals surface area contributed by atoms with Crippen LogP contribution in [0.1, 0.15) is 32.0 Å². The van der Waals surface area contributed by atoms with E-state index < -0.39 is 10.0 Å². The summed E-state index contributed by atoms with van der Waals surface area (Å²) in [4.78, 5) is 17.6. The Bertz CT molecular complexity index is 1420. The van der Waals surface area contributed by atoms with Gasteiger partial charge in [0.15, 0.2) is 5.82 Å². The lowest BCUT2D eigenvalue weighted by atomic mass is 10.2. The van der Waals surface area contributed by atoms with Crippen molar-refractivity contribution in [1.29, 1.82) is 0 Å². The Morgan fingerprint density at radius 1 is 1.09 bits per heavy atom. The smallest absolute Gasteiger partial charge is 0.242 e. The number of benzene rings is 2. The molecule has 0 atom stereocenters. The fourth-order valence-electron chi connectivity index (χ4n) is 3.83. The van der Waals surface area contributed by atoms with Gasteiger partial charge in [-0.25, -0.2) is 22.4 Å². The Balaban J connectivity index is 1.50. The number of fused-ring (bicyclic) bond motifs is 1. The minimum absolute atomic E-state index is 0.159. The van der Waals surface area contributed by atoms with Crippen LogP contribution in [0.25, 0.3) is 16.7 Å². The van der Waals surface area contributed by atoms with Gasteiger partial charge in [-0.05, 0) is 36.8 Å². The van der Waals surface area contributed by atoms with Crippen LogP contribution < -0.4 is 5.32 Å². The van der Waals surface area contributed by atoms with Crippen LogP contribution in [0.2, 0.25) is 0 Å². The third-order valence-corrected chi connectivity index (χ3v) is 7.58. The Labute approximate surface area is 205 Å². The lowest BCUT2D eigenvalue weighted by Gasteiger charge is -2.11. The molecule has 0 unspecified atom stereocenters. The molecule has 0 bridgehead atoms. The number of aryl methyl sites for hydroxylation is 2. The molecular weight excluding hydrogens is 464 g/mol. The number of imidazole rings is 1. The summed E-state index contributed by atoms with van der Waals surface area (Å²) in [6, 6.07) is 16.4. The summed E-state index contributed by atoms with van der Waals surface area (Å²) < 4.78 is 30.1. The second-order valence-electron chi connectivity index (χ2n) is 8.50. The molecule has 35 heavy (non-hydrogen) atoms. The third-order valence-electron chi connectivity index (χ3n) is 5.77. The summed E-state index contributed by atoms with van der Waals surface area (Å²) in [5.74, 6) is 1.09. The first-order chi connectivity index (χ1) is 16.8. The van der Waals surface area contributed by atoms with E-state index in [2.05, 4.69) is 21.9 Å². The molecule has 184 valence electrons. The average molecular weight is 495 g/mol. The quantitative estimate of drug-likeness (QED) is 0.361. The highest BCUT2D eigenvalue weighted by atomic mass is 32.2. The topological polar surface area (TPSA) is 102 Å². The van der Waals surface area contributed by atoms with Crippen molar-refractivity contribution in [2.75, 3.05) is 19.4 Å². The van der Waals surface area contributed by atoms with E-state index in [1.54, 1.807) is 35.1 Å². The number of sulfonamides is 1. The minimum atomic E-state index is -3.56. The standard InChI is InChI=1S/C25H30N6O3S/c1-4-5-16-30-22-12-11-20(35(33,34)29(2)3)18-21(22)26-24(30)13-14-25(32)27-23-15-17-31(28-23)19-9-7-6-8-10-19/h6-12,15,17-18H,4-5,13-14,16H2,1-3H3,(H,27,28,32). The molecule has 4 rings (SSSR count). The number of unbranched alkanes of at least 4 members (excludes halogenated alkanes) is 1. The summed E-state index contributed by atoms with van der Waals surface area (Å²) in [6.45, 7) is 2.87. The second-order valence-corrected chi connectivity index (χ2v) is 10.7. The van der Waals surface area contributed by atoms with Crippen LogP contribution in [-0.2, 0) is 27.8 Å². The number of para-hydroxylation sites is 1. The van der Waals surface area contributed by atoms with Gasteiger partial charge in [0.05, 0.1) is 21.6 Å². The van der Waals surface area contributed by atoms with Gasteiger partial charge in [-0.15, -0.1) is 0 Å². The first kappa shape index (κ1) is 24.6. The molecule has 9 nitrogen and oxygen atoms in total. The SMILES string of the molecule is CCCCn1c(CCC(=O)Nc2ccn(-c3ccccc3)n2)nc2cc(S(=O)(=O)N(C)C)ccc21. The maximum atomic E-state index is 12.7. The maximum absolute atomic E-state index is 12.7. The number of carbonyl (C=O) groups is 1. The van der Waals surface area contributed by atoms with Crippen molar-refractivity contribution in [2.45, 2.75) is 44.0 Å². The summed E-state index contributed by atoms with van der Waals surface area (Å²) >= 11 is 0. The van der Waals surface area contributed by atoms with E-state index in [0.717, 1.165) is 36.4 Å². The van der Waals surface area contributed by atoms with Crippen LogP contribution in [0.5, 0.6) is 0 Å². The van der Waals surface area contributed by atoms with Crippen LogP contribution in [0.3, 0.4) is 0 Å². The number of aromatic nitrogens is 4. The summed E-state index contributed by atoms with van der Waals surface area (Å²) in [5, 5.41) is 7.27. The number of hydrogen-bond donors (Lipinski definition) is 1. The molecule has 2 aromatic carbocycles. The Morgan fingerprint density at radius 3 is 2.57 bits per heavy atom. The first-order valence-electron chi connectivity index (χ1n) is 11.6. The normalized spacial score (nSPS) is 11.9. The number of amides is 1. The van der Waals surface area contributed by atoms with Gasteiger partial charge < -0.3 is 9.88 Å². The molecule has 10 heteroatoms. The number of nitrogens with one attached hydrogen (secondary N) is 1. The first-order valence-corrected chi connectivity index (χ1v) is 13.1. The lowest BCUT2D eigenvalue weighted by Crippen LogP contribution is -2.22. The largest absolute Gasteiger partial charge is 0.328 e. The van der Waals surface area contributed by atoms with Crippen molar-refractivity contribution in [3.63, 3.8) is 0 Å². The van der Waals surface area contributed by atoms with Gasteiger partial charge in [-0.3, -0.25) is 4.79 Å². The van der Waals surface area contributed by atoms with Gasteiger partial charge in [0, 0.05) is 45.7 Å². The van der Waals surface area contributed by atoms with Gasteiger partial charge in [0.25, 0.3) is 0 Å². The molecule has 0 spiro atoms. The van der Waals surface area contributed by atoms with Crippen molar-refractivity contribution in [3.8, 4) is 5.69 Å². The van der Waals surface area contributed by atoms with Crippen LogP contribution in [0.15, 0.2) is 65.7 Å². The van der Waals surface area contributed by atoms with Crippen LogP contribution in [0, 0.1) is 0 Å². The van der Waals surface area contributed by atoms with Gasteiger partial charge in [-0.1, -0.05) is 31.5 Å². The van der Waals surface area contributed by atoms with Crippen molar-refractivity contribution in [1.82, 2.24) is 23.6 Å². The molecule has 0 radical (unpaired) electrons. The van der Waals surface area contributed by atoms with Crippen LogP contribution in [-0.4, -0.2) is 52.1 Å². The van der Waals surface area contributed by atoms with E-state index in [0.29, 0.717) is 17.8 Å². The van der Waals surface area contributed by atoms with E-state index in [1.165, 1.54) is 18.4 Å². The molecule has 4 aromatic rings. The predicted octanol–water partition coefficient (Wildman–Crippen LogP) is 3.84. The number of carbonyl (C=O) groups excluding carboxylic acids is 1. The number of hydrogen-bond acceptors (Lipinski definition) is 5. The van der Waals surface area contributed by atoms with Crippen LogP contribution in [0.4, 0.5) is 5.82 Å². The number of nitrogens with zero attached hydrogens (tertiary/aromatic N) is 5. The number of rotatable bonds is 10. The molecule has 0 aliphatic carbocycles. The predicted molar refractivity (Wildman–Crippen MR) is 136 cm³/mol. The molecule has 2 heterocycles. The summed E-state index contributed by atoms with van der Waals surface area (Å²) in [6.07, 6.45) is 4.43. The maximum Gasteiger partial charge on any atom is 0.242 e. The van der Waals surface area contributed by atoms with E-state index in [-0.39, 0.29) is 17.2 Å². The second kappa shape index (κ2) is 10.4.